The summed E-state index contributed by atoms with van der Waals surface area (Å²) in [5.41, 5.74) is 8.45. The topological polar surface area (TPSA) is 47.3 Å². The highest BCUT2D eigenvalue weighted by molar-refractivity contribution is 6.33. The quantitative estimate of drug-likeness (QED) is 0.781. The maximum absolute atomic E-state index is 5.99. The largest absolute Gasteiger partial charge is 0.398 e. The Bertz CT molecular complexity index is 355. The van der Waals surface area contributed by atoms with E-state index in [2.05, 4.69) is 12.2 Å². The molecule has 1 unspecified atom stereocenters. The van der Waals surface area contributed by atoms with Crippen molar-refractivity contribution in [3.8, 4) is 0 Å². The number of methoxy groups -OCH3 is 1. The van der Waals surface area contributed by atoms with Crippen molar-refractivity contribution in [3.63, 3.8) is 0 Å². The predicted octanol–water partition coefficient (Wildman–Crippen LogP) is 3.07. The van der Waals surface area contributed by atoms with E-state index in [9.17, 15) is 0 Å². The van der Waals surface area contributed by atoms with Crippen molar-refractivity contribution in [3.05, 3.63) is 22.7 Å². The van der Waals surface area contributed by atoms with Gasteiger partial charge in [0.25, 0.3) is 0 Å². The number of aryl methyl sites for hydroxylation is 1. The zero-order chi connectivity index (χ0) is 12.1. The number of nitrogen functional groups attached to an aromatic ring is 1. The smallest absolute Gasteiger partial charge is 0.0663 e. The van der Waals surface area contributed by atoms with Gasteiger partial charge in [0, 0.05) is 18.8 Å². The lowest BCUT2D eigenvalue weighted by atomic mass is 10.1. The Morgan fingerprint density at radius 3 is 2.75 bits per heavy atom. The number of nitrogens with one attached hydrogen (secondary N) is 1. The highest BCUT2D eigenvalue weighted by Gasteiger charge is 2.09. The van der Waals surface area contributed by atoms with E-state index in [1.165, 1.54) is 0 Å². The lowest BCUT2D eigenvalue weighted by Gasteiger charge is -2.19. The summed E-state index contributed by atoms with van der Waals surface area (Å²) in [5.74, 6) is 0. The van der Waals surface area contributed by atoms with Crippen LogP contribution in [-0.2, 0) is 4.74 Å². The molecule has 0 amide bonds. The van der Waals surface area contributed by atoms with Crippen molar-refractivity contribution in [1.29, 1.82) is 0 Å². The molecule has 90 valence electrons. The Labute approximate surface area is 102 Å². The zero-order valence-electron chi connectivity index (χ0n) is 10.0. The van der Waals surface area contributed by atoms with Gasteiger partial charge in [-0.2, -0.15) is 0 Å². The Hall–Kier alpha value is -0.930. The van der Waals surface area contributed by atoms with Crippen molar-refractivity contribution in [1.82, 2.24) is 0 Å². The van der Waals surface area contributed by atoms with Crippen LogP contribution in [0.5, 0.6) is 0 Å². The molecule has 0 radical (unpaired) electrons. The Kier molecular flexibility index (Phi) is 4.90. The van der Waals surface area contributed by atoms with E-state index < -0.39 is 0 Å². The summed E-state index contributed by atoms with van der Waals surface area (Å²) >= 11 is 5.99. The molecule has 3 N–H and O–H groups in total. The summed E-state index contributed by atoms with van der Waals surface area (Å²) in [5, 5.41) is 3.98. The van der Waals surface area contributed by atoms with Gasteiger partial charge in [-0.25, -0.2) is 0 Å². The van der Waals surface area contributed by atoms with Gasteiger partial charge in [0.2, 0.25) is 0 Å². The van der Waals surface area contributed by atoms with E-state index >= 15 is 0 Å². The zero-order valence-corrected chi connectivity index (χ0v) is 10.8. The minimum Gasteiger partial charge on any atom is -0.398 e. The Balaban J connectivity index is 2.83. The van der Waals surface area contributed by atoms with E-state index in [4.69, 9.17) is 22.1 Å². The summed E-state index contributed by atoms with van der Waals surface area (Å²) in [7, 11) is 1.70. The van der Waals surface area contributed by atoms with E-state index in [-0.39, 0.29) is 0 Å². The fraction of sp³-hybridized carbons (Fsp3) is 0.500. The van der Waals surface area contributed by atoms with E-state index in [1.807, 2.05) is 19.1 Å². The number of nitrogens with two attached hydrogens (primary N) is 1. The normalized spacial score (nSPS) is 12.5. The van der Waals surface area contributed by atoms with Crippen LogP contribution < -0.4 is 11.1 Å². The molecule has 0 fully saturated rings. The van der Waals surface area contributed by atoms with Crippen molar-refractivity contribution >= 4 is 23.0 Å². The third-order valence-corrected chi connectivity index (χ3v) is 2.89. The highest BCUT2D eigenvalue weighted by atomic mass is 35.5. The highest BCUT2D eigenvalue weighted by Crippen LogP contribution is 2.27. The molecule has 0 spiro atoms. The molecular weight excluding hydrogens is 224 g/mol. The molecule has 3 nitrogen and oxygen atoms in total. The SMILES string of the molecule is CCC(COC)Nc1cc(Cl)c(N)cc1C. The van der Waals surface area contributed by atoms with Crippen molar-refractivity contribution in [2.24, 2.45) is 0 Å². The molecule has 1 rings (SSSR count). The third kappa shape index (κ3) is 3.29. The first kappa shape index (κ1) is 13.1. The molecule has 1 aromatic rings. The fourth-order valence-corrected chi connectivity index (χ4v) is 1.71. The van der Waals surface area contributed by atoms with Crippen LogP contribution in [-0.4, -0.2) is 19.8 Å². The van der Waals surface area contributed by atoms with Crippen molar-refractivity contribution < 1.29 is 4.74 Å². The average Bonchev–Trinajstić information content (AvgIpc) is 2.25. The van der Waals surface area contributed by atoms with Gasteiger partial charge in [0.05, 0.1) is 17.3 Å². The molecule has 0 aliphatic carbocycles. The van der Waals surface area contributed by atoms with Gasteiger partial charge in [-0.3, -0.25) is 0 Å². The Morgan fingerprint density at radius 2 is 2.19 bits per heavy atom. The molecule has 0 aliphatic heterocycles. The van der Waals surface area contributed by atoms with Crippen LogP contribution in [0, 0.1) is 6.92 Å². The van der Waals surface area contributed by atoms with Crippen LogP contribution in [0.15, 0.2) is 12.1 Å². The summed E-state index contributed by atoms with van der Waals surface area (Å²) in [6.07, 6.45) is 0.995. The molecule has 16 heavy (non-hydrogen) atoms. The average molecular weight is 243 g/mol. The first-order valence-electron chi connectivity index (χ1n) is 5.39. The number of halogens is 1. The van der Waals surface area contributed by atoms with Gasteiger partial charge in [-0.15, -0.1) is 0 Å². The lowest BCUT2D eigenvalue weighted by molar-refractivity contribution is 0.184. The first-order chi connectivity index (χ1) is 7.58. The summed E-state index contributed by atoms with van der Waals surface area (Å²) in [6, 6.07) is 4.04. The Morgan fingerprint density at radius 1 is 1.50 bits per heavy atom. The van der Waals surface area contributed by atoms with Gasteiger partial charge in [-0.1, -0.05) is 18.5 Å². The first-order valence-corrected chi connectivity index (χ1v) is 5.77. The monoisotopic (exact) mass is 242 g/mol. The van der Waals surface area contributed by atoms with Gasteiger partial charge >= 0.3 is 0 Å². The minimum absolute atomic E-state index is 0.295. The molecule has 1 aromatic carbocycles. The minimum atomic E-state index is 0.295. The van der Waals surface area contributed by atoms with E-state index in [1.54, 1.807) is 7.11 Å². The molecule has 0 bridgehead atoms. The molecular formula is C12H19ClN2O. The number of rotatable bonds is 5. The molecule has 1 atom stereocenters. The predicted molar refractivity (Wildman–Crippen MR) is 70.2 cm³/mol. The number of hydrogen-bond donors (Lipinski definition) is 2. The fourth-order valence-electron chi connectivity index (χ4n) is 1.54. The van der Waals surface area contributed by atoms with E-state index in [0.29, 0.717) is 23.4 Å². The number of ether oxygens (including phenoxy) is 1. The lowest BCUT2D eigenvalue weighted by Crippen LogP contribution is -2.24. The number of anilines is 2. The van der Waals surface area contributed by atoms with Crippen LogP contribution in [0.4, 0.5) is 11.4 Å². The van der Waals surface area contributed by atoms with Crippen LogP contribution >= 0.6 is 11.6 Å². The van der Waals surface area contributed by atoms with Crippen LogP contribution in [0.2, 0.25) is 5.02 Å². The molecule has 0 aliphatic rings. The molecule has 0 heterocycles. The maximum atomic E-state index is 5.99. The molecule has 0 saturated heterocycles. The standard InChI is InChI=1S/C12H19ClN2O/c1-4-9(7-16-3)15-12-6-10(13)11(14)5-8(12)2/h5-6,9,15H,4,7,14H2,1-3H3. The van der Waals surface area contributed by atoms with Crippen LogP contribution in [0.3, 0.4) is 0 Å². The van der Waals surface area contributed by atoms with Crippen LogP contribution in [0.25, 0.3) is 0 Å². The van der Waals surface area contributed by atoms with Gasteiger partial charge < -0.3 is 15.8 Å². The van der Waals surface area contributed by atoms with Crippen molar-refractivity contribution in [2.45, 2.75) is 26.3 Å². The number of benzene rings is 1. The maximum Gasteiger partial charge on any atom is 0.0663 e. The van der Waals surface area contributed by atoms with Crippen molar-refractivity contribution in [2.75, 3.05) is 24.8 Å². The third-order valence-electron chi connectivity index (χ3n) is 2.56. The summed E-state index contributed by atoms with van der Waals surface area (Å²) in [4.78, 5) is 0. The second kappa shape index (κ2) is 5.97. The molecule has 4 heteroatoms. The van der Waals surface area contributed by atoms with Gasteiger partial charge in [0.1, 0.15) is 0 Å². The van der Waals surface area contributed by atoms with Gasteiger partial charge in [-0.05, 0) is 31.0 Å². The van der Waals surface area contributed by atoms with Crippen LogP contribution in [0.1, 0.15) is 18.9 Å². The second-order valence-corrected chi connectivity index (χ2v) is 4.30. The van der Waals surface area contributed by atoms with E-state index in [0.717, 1.165) is 17.7 Å². The molecule has 0 saturated carbocycles. The van der Waals surface area contributed by atoms with Gasteiger partial charge in [0.15, 0.2) is 0 Å². The second-order valence-electron chi connectivity index (χ2n) is 3.89. The summed E-state index contributed by atoms with van der Waals surface area (Å²) in [6.45, 7) is 4.80. The molecule has 0 aromatic heterocycles. The number of hydrogen-bond acceptors (Lipinski definition) is 3. The summed E-state index contributed by atoms with van der Waals surface area (Å²) < 4.78 is 5.14.